The van der Waals surface area contributed by atoms with Crippen LogP contribution >= 0.6 is 0 Å². The minimum Gasteiger partial charge on any atom is -0.0632 e. The maximum atomic E-state index is 2.37. The lowest BCUT2D eigenvalue weighted by atomic mass is 9.99. The molecule has 0 N–H and O–H groups in total. The summed E-state index contributed by atoms with van der Waals surface area (Å²) in [6.07, 6.45) is 0. The monoisotopic (exact) mass is 346 g/mol. The molecule has 0 saturated carbocycles. The molecule has 130 valence electrons. The van der Waals surface area contributed by atoms with Crippen LogP contribution in [0.4, 0.5) is 0 Å². The van der Waals surface area contributed by atoms with Crippen molar-refractivity contribution in [3.05, 3.63) is 82.0 Å². The van der Waals surface area contributed by atoms with E-state index in [1.54, 1.807) is 21.5 Å². The lowest BCUT2D eigenvalue weighted by Crippen LogP contribution is -2.43. The summed E-state index contributed by atoms with van der Waals surface area (Å²) in [5.74, 6) is 0.624. The Morgan fingerprint density at radius 1 is 0.600 bits per heavy atom. The molecule has 0 atom stereocenters. The van der Waals surface area contributed by atoms with Crippen molar-refractivity contribution in [3.8, 4) is 0 Å². The highest BCUT2D eigenvalue weighted by atomic mass is 28.3. The fourth-order valence-corrected chi connectivity index (χ4v) is 7.51. The van der Waals surface area contributed by atoms with Gasteiger partial charge in [0, 0.05) is 0 Å². The normalized spacial score (nSPS) is 15.6. The number of rotatable bonds is 4. The number of allylic oxidation sites excluding steroid dienone is 4. The summed E-state index contributed by atoms with van der Waals surface area (Å²) in [4.78, 5) is 0. The van der Waals surface area contributed by atoms with Gasteiger partial charge in [-0.3, -0.25) is 0 Å². The summed E-state index contributed by atoms with van der Waals surface area (Å²) >= 11 is 0. The number of hydrogen-bond donors (Lipinski definition) is 0. The third-order valence-corrected chi connectivity index (χ3v) is 9.54. The van der Waals surface area contributed by atoms with E-state index in [1.165, 1.54) is 28.3 Å². The van der Waals surface area contributed by atoms with Gasteiger partial charge in [-0.25, -0.2) is 0 Å². The Morgan fingerprint density at radius 2 is 0.960 bits per heavy atom. The van der Waals surface area contributed by atoms with Crippen molar-refractivity contribution in [2.75, 3.05) is 0 Å². The quantitative estimate of drug-likeness (QED) is 0.687. The van der Waals surface area contributed by atoms with Gasteiger partial charge in [-0.05, 0) is 64.7 Å². The molecular formula is C24H30Si. The molecule has 1 aliphatic carbocycles. The molecule has 0 spiro atoms. The van der Waals surface area contributed by atoms with E-state index in [0.29, 0.717) is 5.92 Å². The third kappa shape index (κ3) is 3.57. The van der Waals surface area contributed by atoms with Crippen molar-refractivity contribution in [2.45, 2.75) is 47.6 Å². The van der Waals surface area contributed by atoms with Gasteiger partial charge >= 0.3 is 0 Å². The highest BCUT2D eigenvalue weighted by molar-refractivity contribution is 6.85. The standard InChI is InChI=1S/C24H30Si/c1-16-7-11-22(12-8-16)25(23-13-9-17(2)10-14-23)15-24-20(5)18(3)19(4)21(24)6/h7-14,24-25H,15H2,1-6H3. The molecule has 0 heterocycles. The van der Waals surface area contributed by atoms with E-state index in [4.69, 9.17) is 0 Å². The average Bonchev–Trinajstić information content (AvgIpc) is 2.79. The van der Waals surface area contributed by atoms with Gasteiger partial charge in [0.1, 0.15) is 8.80 Å². The molecule has 0 nitrogen and oxygen atoms in total. The molecule has 3 rings (SSSR count). The second kappa shape index (κ2) is 7.17. The van der Waals surface area contributed by atoms with Crippen molar-refractivity contribution in [1.29, 1.82) is 0 Å². The summed E-state index contributed by atoms with van der Waals surface area (Å²) in [6.45, 7) is 13.6. The van der Waals surface area contributed by atoms with Crippen LogP contribution in [0.2, 0.25) is 6.04 Å². The van der Waals surface area contributed by atoms with Crippen molar-refractivity contribution in [1.82, 2.24) is 0 Å². The highest BCUT2D eigenvalue weighted by Gasteiger charge is 2.29. The fourth-order valence-electron chi connectivity index (χ4n) is 4.09. The second-order valence-electron chi connectivity index (χ2n) is 7.78. The largest absolute Gasteiger partial charge is 0.104 e. The molecule has 0 saturated heterocycles. The fraction of sp³-hybridized carbons (Fsp3) is 0.333. The van der Waals surface area contributed by atoms with Gasteiger partial charge in [0.25, 0.3) is 0 Å². The number of aryl methyl sites for hydroxylation is 2. The van der Waals surface area contributed by atoms with E-state index in [1.807, 2.05) is 0 Å². The summed E-state index contributed by atoms with van der Waals surface area (Å²) in [5, 5.41) is 3.13. The van der Waals surface area contributed by atoms with Crippen LogP contribution in [-0.2, 0) is 0 Å². The first-order valence-electron chi connectivity index (χ1n) is 9.36. The van der Waals surface area contributed by atoms with Crippen LogP contribution in [0.15, 0.2) is 70.8 Å². The minimum absolute atomic E-state index is 0.624. The lowest BCUT2D eigenvalue weighted by Gasteiger charge is -2.23. The molecule has 0 bridgehead atoms. The van der Waals surface area contributed by atoms with Crippen LogP contribution in [0.1, 0.15) is 38.8 Å². The predicted octanol–water partition coefficient (Wildman–Crippen LogP) is 4.95. The molecule has 2 aromatic carbocycles. The molecule has 0 aromatic heterocycles. The molecule has 0 amide bonds. The first kappa shape index (κ1) is 17.9. The van der Waals surface area contributed by atoms with Crippen LogP contribution in [0.5, 0.6) is 0 Å². The lowest BCUT2D eigenvalue weighted by molar-refractivity contribution is 0.806. The van der Waals surface area contributed by atoms with Crippen LogP contribution < -0.4 is 10.4 Å². The minimum atomic E-state index is -1.24. The average molecular weight is 347 g/mol. The van der Waals surface area contributed by atoms with Crippen LogP contribution in [0.3, 0.4) is 0 Å². The van der Waals surface area contributed by atoms with Crippen LogP contribution in [-0.4, -0.2) is 8.80 Å². The van der Waals surface area contributed by atoms with Crippen molar-refractivity contribution in [2.24, 2.45) is 5.92 Å². The van der Waals surface area contributed by atoms with E-state index >= 15 is 0 Å². The third-order valence-electron chi connectivity index (χ3n) is 6.22. The molecule has 1 aliphatic rings. The van der Waals surface area contributed by atoms with Crippen molar-refractivity contribution in [3.63, 3.8) is 0 Å². The van der Waals surface area contributed by atoms with E-state index in [9.17, 15) is 0 Å². The van der Waals surface area contributed by atoms with Crippen LogP contribution in [0.25, 0.3) is 0 Å². The Balaban J connectivity index is 2.00. The van der Waals surface area contributed by atoms with Gasteiger partial charge in [-0.1, -0.05) is 81.2 Å². The Hall–Kier alpha value is -1.86. The zero-order chi connectivity index (χ0) is 18.1. The summed E-state index contributed by atoms with van der Waals surface area (Å²) in [5.41, 5.74) is 8.91. The molecule has 25 heavy (non-hydrogen) atoms. The molecular weight excluding hydrogens is 316 g/mol. The maximum absolute atomic E-state index is 2.37. The Morgan fingerprint density at radius 3 is 1.32 bits per heavy atom. The van der Waals surface area contributed by atoms with Crippen molar-refractivity contribution < 1.29 is 0 Å². The van der Waals surface area contributed by atoms with Gasteiger partial charge in [0.2, 0.25) is 0 Å². The number of hydrogen-bond acceptors (Lipinski definition) is 0. The molecule has 0 aliphatic heterocycles. The first-order chi connectivity index (χ1) is 11.9. The SMILES string of the molecule is CC1=C(C)C(C[SiH](c2ccc(C)cc2)c2ccc(C)cc2)C(C)=C1C. The van der Waals surface area contributed by atoms with Gasteiger partial charge in [0.15, 0.2) is 0 Å². The zero-order valence-corrected chi connectivity index (χ0v) is 17.6. The topological polar surface area (TPSA) is 0 Å². The molecule has 1 heteroatoms. The summed E-state index contributed by atoms with van der Waals surface area (Å²) in [7, 11) is -1.24. The van der Waals surface area contributed by atoms with Gasteiger partial charge in [0.05, 0.1) is 0 Å². The smallest absolute Gasteiger partial charge is 0.0632 e. The zero-order valence-electron chi connectivity index (χ0n) is 16.5. The summed E-state index contributed by atoms with van der Waals surface area (Å²) < 4.78 is 0. The van der Waals surface area contributed by atoms with E-state index in [2.05, 4.69) is 90.1 Å². The molecule has 0 radical (unpaired) electrons. The van der Waals surface area contributed by atoms with Crippen molar-refractivity contribution >= 4 is 19.2 Å². The van der Waals surface area contributed by atoms with Crippen LogP contribution in [0, 0.1) is 19.8 Å². The first-order valence-corrected chi connectivity index (χ1v) is 11.3. The highest BCUT2D eigenvalue weighted by Crippen LogP contribution is 2.39. The molecule has 0 unspecified atom stereocenters. The van der Waals surface area contributed by atoms with Gasteiger partial charge in [-0.2, -0.15) is 0 Å². The van der Waals surface area contributed by atoms with E-state index < -0.39 is 8.80 Å². The maximum Gasteiger partial charge on any atom is 0.104 e. The summed E-state index contributed by atoms with van der Waals surface area (Å²) in [6, 6.07) is 19.9. The Bertz CT molecular complexity index is 750. The van der Waals surface area contributed by atoms with E-state index in [0.717, 1.165) is 0 Å². The number of benzene rings is 2. The predicted molar refractivity (Wildman–Crippen MR) is 114 cm³/mol. The molecule has 2 aromatic rings. The molecule has 0 fully saturated rings. The Kier molecular flexibility index (Phi) is 5.15. The second-order valence-corrected chi connectivity index (χ2v) is 10.7. The van der Waals surface area contributed by atoms with Gasteiger partial charge < -0.3 is 0 Å². The van der Waals surface area contributed by atoms with Gasteiger partial charge in [-0.15, -0.1) is 0 Å². The van der Waals surface area contributed by atoms with E-state index in [-0.39, 0.29) is 0 Å². The Labute approximate surface area is 154 Å².